The van der Waals surface area contributed by atoms with Gasteiger partial charge >= 0.3 is 0 Å². The van der Waals surface area contributed by atoms with E-state index < -0.39 is 0 Å². The summed E-state index contributed by atoms with van der Waals surface area (Å²) >= 11 is 0. The molecule has 1 fully saturated rings. The Bertz CT molecular complexity index is 159. The molecule has 0 aromatic carbocycles. The molecule has 1 rings (SSSR count). The Morgan fingerprint density at radius 3 is 2.80 bits per heavy atom. The van der Waals surface area contributed by atoms with Gasteiger partial charge in [0.05, 0.1) is 6.10 Å². The van der Waals surface area contributed by atoms with Gasteiger partial charge in [-0.2, -0.15) is 0 Å². The van der Waals surface area contributed by atoms with Gasteiger partial charge in [0, 0.05) is 12.6 Å². The lowest BCUT2D eigenvalue weighted by Gasteiger charge is -2.30. The maximum absolute atomic E-state index is 5.71. The first-order valence-electron chi connectivity index (χ1n) is 6.57. The minimum atomic E-state index is 0.383. The molecule has 1 aliphatic carbocycles. The highest BCUT2D eigenvalue weighted by Crippen LogP contribution is 2.24. The van der Waals surface area contributed by atoms with Crippen molar-refractivity contribution in [2.75, 3.05) is 13.2 Å². The van der Waals surface area contributed by atoms with E-state index in [4.69, 9.17) is 4.74 Å². The lowest BCUT2D eigenvalue weighted by Crippen LogP contribution is -2.36. The van der Waals surface area contributed by atoms with Gasteiger partial charge in [-0.3, -0.25) is 0 Å². The van der Waals surface area contributed by atoms with Crippen LogP contribution >= 0.6 is 0 Å². The van der Waals surface area contributed by atoms with Crippen molar-refractivity contribution in [3.63, 3.8) is 0 Å². The zero-order valence-electron chi connectivity index (χ0n) is 10.6. The number of hydrogen-bond acceptors (Lipinski definition) is 2. The molecule has 2 unspecified atom stereocenters. The summed E-state index contributed by atoms with van der Waals surface area (Å²) in [6, 6.07) is 0.750. The monoisotopic (exact) mass is 213 g/mol. The van der Waals surface area contributed by atoms with E-state index in [2.05, 4.69) is 26.1 Å². The molecule has 2 atom stereocenters. The molecule has 0 saturated heterocycles. The SMILES string of the molecule is CCCNC1CCCC(COC(C)C)C1. The standard InChI is InChI=1S/C13H27NO/c1-4-8-14-13-7-5-6-12(9-13)10-15-11(2)3/h11-14H,4-10H2,1-3H3. The van der Waals surface area contributed by atoms with Crippen LogP contribution in [0.25, 0.3) is 0 Å². The summed E-state index contributed by atoms with van der Waals surface area (Å²) in [5.74, 6) is 0.788. The summed E-state index contributed by atoms with van der Waals surface area (Å²) in [5, 5.41) is 3.63. The van der Waals surface area contributed by atoms with Gasteiger partial charge in [0.1, 0.15) is 0 Å². The van der Waals surface area contributed by atoms with Crippen LogP contribution in [-0.2, 0) is 4.74 Å². The number of ether oxygens (including phenoxy) is 1. The van der Waals surface area contributed by atoms with Gasteiger partial charge in [-0.25, -0.2) is 0 Å². The molecular weight excluding hydrogens is 186 g/mol. The highest BCUT2D eigenvalue weighted by atomic mass is 16.5. The molecule has 1 aliphatic rings. The van der Waals surface area contributed by atoms with Crippen LogP contribution in [0.4, 0.5) is 0 Å². The Hall–Kier alpha value is -0.0800. The molecule has 0 spiro atoms. The van der Waals surface area contributed by atoms with Crippen molar-refractivity contribution in [1.29, 1.82) is 0 Å². The average molecular weight is 213 g/mol. The summed E-state index contributed by atoms with van der Waals surface area (Å²) in [6.45, 7) is 8.60. The molecule has 0 bridgehead atoms. The van der Waals surface area contributed by atoms with Crippen molar-refractivity contribution < 1.29 is 4.74 Å². The Labute approximate surface area is 94.8 Å². The van der Waals surface area contributed by atoms with Gasteiger partial charge in [-0.1, -0.05) is 13.3 Å². The molecular formula is C13H27NO. The van der Waals surface area contributed by atoms with E-state index in [0.29, 0.717) is 6.10 Å². The predicted octanol–water partition coefficient (Wildman–Crippen LogP) is 2.97. The minimum absolute atomic E-state index is 0.383. The first kappa shape index (κ1) is 13.0. The van der Waals surface area contributed by atoms with Crippen molar-refractivity contribution in [1.82, 2.24) is 5.32 Å². The van der Waals surface area contributed by atoms with Gasteiger partial charge in [0.15, 0.2) is 0 Å². The van der Waals surface area contributed by atoms with Crippen LogP contribution in [-0.4, -0.2) is 25.3 Å². The first-order chi connectivity index (χ1) is 7.22. The van der Waals surface area contributed by atoms with E-state index in [1.807, 2.05) is 0 Å². The maximum Gasteiger partial charge on any atom is 0.0519 e. The topological polar surface area (TPSA) is 21.3 Å². The summed E-state index contributed by atoms with van der Waals surface area (Å²) in [7, 11) is 0. The highest BCUT2D eigenvalue weighted by Gasteiger charge is 2.21. The van der Waals surface area contributed by atoms with Crippen molar-refractivity contribution in [2.24, 2.45) is 5.92 Å². The molecule has 2 heteroatoms. The molecule has 1 saturated carbocycles. The molecule has 0 radical (unpaired) electrons. The zero-order chi connectivity index (χ0) is 11.1. The quantitative estimate of drug-likeness (QED) is 0.732. The van der Waals surface area contributed by atoms with Gasteiger partial charge in [0.25, 0.3) is 0 Å². The van der Waals surface area contributed by atoms with E-state index in [1.165, 1.54) is 38.6 Å². The fourth-order valence-electron chi connectivity index (χ4n) is 2.30. The average Bonchev–Trinajstić information content (AvgIpc) is 2.24. The van der Waals surface area contributed by atoms with Gasteiger partial charge in [0.2, 0.25) is 0 Å². The van der Waals surface area contributed by atoms with Crippen molar-refractivity contribution in [3.8, 4) is 0 Å². The predicted molar refractivity (Wildman–Crippen MR) is 65.1 cm³/mol. The largest absolute Gasteiger partial charge is 0.379 e. The Morgan fingerprint density at radius 1 is 1.33 bits per heavy atom. The lowest BCUT2D eigenvalue weighted by molar-refractivity contribution is 0.0373. The lowest BCUT2D eigenvalue weighted by atomic mass is 9.86. The van der Waals surface area contributed by atoms with Crippen molar-refractivity contribution >= 4 is 0 Å². The Kier molecular flexibility index (Phi) is 6.26. The van der Waals surface area contributed by atoms with E-state index in [0.717, 1.165) is 18.6 Å². The van der Waals surface area contributed by atoms with Crippen LogP contribution < -0.4 is 5.32 Å². The van der Waals surface area contributed by atoms with Gasteiger partial charge in [-0.15, -0.1) is 0 Å². The molecule has 0 amide bonds. The number of nitrogens with one attached hydrogen (secondary N) is 1. The molecule has 1 N–H and O–H groups in total. The molecule has 90 valence electrons. The minimum Gasteiger partial charge on any atom is -0.379 e. The van der Waals surface area contributed by atoms with Crippen LogP contribution in [0.15, 0.2) is 0 Å². The number of rotatable bonds is 6. The summed E-state index contributed by atoms with van der Waals surface area (Å²) in [5.41, 5.74) is 0. The molecule has 15 heavy (non-hydrogen) atoms. The van der Waals surface area contributed by atoms with E-state index in [-0.39, 0.29) is 0 Å². The summed E-state index contributed by atoms with van der Waals surface area (Å²) < 4.78 is 5.71. The fourth-order valence-corrected chi connectivity index (χ4v) is 2.30. The second kappa shape index (κ2) is 7.24. The molecule has 0 aromatic rings. The van der Waals surface area contributed by atoms with Crippen LogP contribution in [0.2, 0.25) is 0 Å². The van der Waals surface area contributed by atoms with Gasteiger partial charge < -0.3 is 10.1 Å². The molecule has 0 aromatic heterocycles. The number of hydrogen-bond donors (Lipinski definition) is 1. The van der Waals surface area contributed by atoms with E-state index >= 15 is 0 Å². The molecule has 0 aliphatic heterocycles. The zero-order valence-corrected chi connectivity index (χ0v) is 10.6. The molecule has 2 nitrogen and oxygen atoms in total. The second-order valence-electron chi connectivity index (χ2n) is 5.07. The fraction of sp³-hybridized carbons (Fsp3) is 1.00. The maximum atomic E-state index is 5.71. The van der Waals surface area contributed by atoms with Crippen molar-refractivity contribution in [2.45, 2.75) is 65.0 Å². The highest BCUT2D eigenvalue weighted by molar-refractivity contribution is 4.77. The molecule has 0 heterocycles. The van der Waals surface area contributed by atoms with E-state index in [1.54, 1.807) is 0 Å². The smallest absolute Gasteiger partial charge is 0.0519 e. The third-order valence-corrected chi connectivity index (χ3v) is 3.13. The van der Waals surface area contributed by atoms with Crippen molar-refractivity contribution in [3.05, 3.63) is 0 Å². The summed E-state index contributed by atoms with van der Waals surface area (Å²) in [6.07, 6.45) is 7.02. The third kappa shape index (κ3) is 5.53. The Balaban J connectivity index is 2.17. The summed E-state index contributed by atoms with van der Waals surface area (Å²) in [4.78, 5) is 0. The first-order valence-corrected chi connectivity index (χ1v) is 6.57. The Morgan fingerprint density at radius 2 is 2.13 bits per heavy atom. The van der Waals surface area contributed by atoms with Crippen LogP contribution in [0.5, 0.6) is 0 Å². The normalized spacial score (nSPS) is 27.2. The van der Waals surface area contributed by atoms with Crippen LogP contribution in [0.1, 0.15) is 52.9 Å². The van der Waals surface area contributed by atoms with Crippen LogP contribution in [0, 0.1) is 5.92 Å². The third-order valence-electron chi connectivity index (χ3n) is 3.13. The van der Waals surface area contributed by atoms with Gasteiger partial charge in [-0.05, 0) is 52.0 Å². The van der Waals surface area contributed by atoms with Crippen LogP contribution in [0.3, 0.4) is 0 Å². The van der Waals surface area contributed by atoms with E-state index in [9.17, 15) is 0 Å². The second-order valence-corrected chi connectivity index (χ2v) is 5.07.